The molecule has 2 N–H and O–H groups in total. The number of benzene rings is 1. The summed E-state index contributed by atoms with van der Waals surface area (Å²) >= 11 is 0. The number of anilines is 1. The van der Waals surface area contributed by atoms with Gasteiger partial charge in [-0.1, -0.05) is 18.2 Å². The number of carbonyl (C=O) groups is 1. The Hall–Kier alpha value is -3.78. The van der Waals surface area contributed by atoms with Gasteiger partial charge in [0, 0.05) is 49.4 Å². The van der Waals surface area contributed by atoms with E-state index < -0.39 is 0 Å². The molecule has 0 spiro atoms. The van der Waals surface area contributed by atoms with Crippen molar-refractivity contribution in [2.45, 2.75) is 6.54 Å². The molecule has 0 aliphatic heterocycles. The van der Waals surface area contributed by atoms with E-state index >= 15 is 0 Å². The van der Waals surface area contributed by atoms with Crippen molar-refractivity contribution in [1.29, 1.82) is 0 Å². The first kappa shape index (κ1) is 20.5. The van der Waals surface area contributed by atoms with Gasteiger partial charge in [-0.15, -0.1) is 0 Å². The van der Waals surface area contributed by atoms with Crippen LogP contribution < -0.4 is 10.6 Å². The molecule has 0 fully saturated rings. The highest BCUT2D eigenvalue weighted by molar-refractivity contribution is 5.95. The summed E-state index contributed by atoms with van der Waals surface area (Å²) in [4.78, 5) is 23.2. The maximum Gasteiger partial charge on any atom is 0.251 e. The summed E-state index contributed by atoms with van der Waals surface area (Å²) in [6.07, 6.45) is 7.25. The van der Waals surface area contributed by atoms with Gasteiger partial charge in [-0.25, -0.2) is 9.50 Å². The zero-order valence-corrected chi connectivity index (χ0v) is 17.6. The van der Waals surface area contributed by atoms with E-state index in [4.69, 9.17) is 4.98 Å². The molecule has 0 bridgehead atoms. The van der Waals surface area contributed by atoms with Crippen LogP contribution in [0.3, 0.4) is 0 Å². The van der Waals surface area contributed by atoms with Crippen LogP contribution in [0.4, 0.5) is 5.82 Å². The zero-order chi connectivity index (χ0) is 21.6. The van der Waals surface area contributed by atoms with E-state index in [2.05, 4.69) is 20.7 Å². The average molecular weight is 416 g/mol. The molecule has 158 valence electrons. The van der Waals surface area contributed by atoms with Crippen LogP contribution in [0.1, 0.15) is 15.9 Å². The topological polar surface area (TPSA) is 87.5 Å². The standard InChI is InChI=1S/C23H25N7O/c1-29(2)13-11-25-23(31)19-7-5-18(6-8-19)20-16-27-30-12-9-21(28-22(20)30)26-15-17-4-3-10-24-14-17/h3-10,12,14,16H,11,13,15H2,1-2H3,(H,25,31)(H,26,28). The molecule has 3 heterocycles. The number of hydrogen-bond acceptors (Lipinski definition) is 6. The highest BCUT2D eigenvalue weighted by Crippen LogP contribution is 2.24. The molecule has 0 saturated heterocycles. The van der Waals surface area contributed by atoms with Crippen LogP contribution >= 0.6 is 0 Å². The number of hydrogen-bond donors (Lipinski definition) is 2. The van der Waals surface area contributed by atoms with Crippen molar-refractivity contribution in [1.82, 2.24) is 29.8 Å². The average Bonchev–Trinajstić information content (AvgIpc) is 3.21. The van der Waals surface area contributed by atoms with Gasteiger partial charge in [0.05, 0.1) is 6.20 Å². The minimum atomic E-state index is -0.0757. The lowest BCUT2D eigenvalue weighted by Crippen LogP contribution is -2.31. The van der Waals surface area contributed by atoms with Crippen molar-refractivity contribution in [3.05, 3.63) is 78.4 Å². The van der Waals surface area contributed by atoms with E-state index in [0.717, 1.165) is 34.7 Å². The van der Waals surface area contributed by atoms with E-state index in [-0.39, 0.29) is 5.91 Å². The van der Waals surface area contributed by atoms with Crippen molar-refractivity contribution in [2.75, 3.05) is 32.5 Å². The quantitative estimate of drug-likeness (QED) is 0.460. The fourth-order valence-electron chi connectivity index (χ4n) is 3.16. The molecule has 3 aromatic heterocycles. The number of carbonyl (C=O) groups excluding carboxylic acids is 1. The minimum Gasteiger partial charge on any atom is -0.366 e. The van der Waals surface area contributed by atoms with E-state index in [1.165, 1.54) is 0 Å². The van der Waals surface area contributed by atoms with Crippen LogP contribution in [0.15, 0.2) is 67.3 Å². The summed E-state index contributed by atoms with van der Waals surface area (Å²) in [6.45, 7) is 2.05. The third-order valence-corrected chi connectivity index (χ3v) is 4.87. The first-order valence-electron chi connectivity index (χ1n) is 10.1. The molecular formula is C23H25N7O. The number of pyridine rings is 1. The SMILES string of the molecule is CN(C)CCNC(=O)c1ccc(-c2cnn3ccc(NCc4cccnc4)nc23)cc1. The van der Waals surface area contributed by atoms with Gasteiger partial charge < -0.3 is 15.5 Å². The maximum absolute atomic E-state index is 12.3. The van der Waals surface area contributed by atoms with Gasteiger partial charge in [-0.05, 0) is 49.5 Å². The van der Waals surface area contributed by atoms with Crippen molar-refractivity contribution >= 4 is 17.4 Å². The van der Waals surface area contributed by atoms with Crippen molar-refractivity contribution < 1.29 is 4.79 Å². The van der Waals surface area contributed by atoms with Crippen LogP contribution in [-0.2, 0) is 6.54 Å². The number of rotatable bonds is 8. The molecule has 0 unspecified atom stereocenters. The first-order chi connectivity index (χ1) is 15.1. The second kappa shape index (κ2) is 9.36. The molecule has 1 aromatic carbocycles. The Balaban J connectivity index is 1.49. The fourth-order valence-corrected chi connectivity index (χ4v) is 3.16. The predicted molar refractivity (Wildman–Crippen MR) is 121 cm³/mol. The summed E-state index contributed by atoms with van der Waals surface area (Å²) in [5, 5.41) is 10.7. The number of fused-ring (bicyclic) bond motifs is 1. The molecular weight excluding hydrogens is 390 g/mol. The molecule has 4 aromatic rings. The number of likely N-dealkylation sites (N-methyl/N-ethyl adjacent to an activating group) is 1. The Bertz CT molecular complexity index is 1150. The van der Waals surface area contributed by atoms with E-state index in [1.807, 2.05) is 73.9 Å². The smallest absolute Gasteiger partial charge is 0.251 e. The number of aromatic nitrogens is 4. The molecule has 8 heteroatoms. The van der Waals surface area contributed by atoms with Crippen LogP contribution in [0.5, 0.6) is 0 Å². The van der Waals surface area contributed by atoms with Crippen LogP contribution in [-0.4, -0.2) is 57.6 Å². The maximum atomic E-state index is 12.3. The Labute approximate surface area is 181 Å². The van der Waals surface area contributed by atoms with E-state index in [1.54, 1.807) is 16.9 Å². The number of nitrogens with zero attached hydrogens (tertiary/aromatic N) is 5. The summed E-state index contributed by atoms with van der Waals surface area (Å²) < 4.78 is 1.74. The van der Waals surface area contributed by atoms with Crippen LogP contribution in [0.25, 0.3) is 16.8 Å². The van der Waals surface area contributed by atoms with Crippen LogP contribution in [0, 0.1) is 0 Å². The lowest BCUT2D eigenvalue weighted by Gasteiger charge is -2.10. The van der Waals surface area contributed by atoms with Gasteiger partial charge in [0.1, 0.15) is 5.82 Å². The molecule has 4 rings (SSSR count). The first-order valence-corrected chi connectivity index (χ1v) is 10.1. The monoisotopic (exact) mass is 415 g/mol. The molecule has 31 heavy (non-hydrogen) atoms. The molecule has 1 amide bonds. The van der Waals surface area contributed by atoms with Crippen molar-refractivity contribution in [3.8, 4) is 11.1 Å². The second-order valence-corrected chi connectivity index (χ2v) is 7.49. The number of nitrogens with one attached hydrogen (secondary N) is 2. The Morgan fingerprint density at radius 2 is 1.94 bits per heavy atom. The van der Waals surface area contributed by atoms with E-state index in [9.17, 15) is 4.79 Å². The fraction of sp³-hybridized carbons (Fsp3) is 0.217. The Kier molecular flexibility index (Phi) is 6.18. The van der Waals surface area contributed by atoms with Gasteiger partial charge in [0.25, 0.3) is 5.91 Å². The van der Waals surface area contributed by atoms with Gasteiger partial charge >= 0.3 is 0 Å². The molecule has 0 radical (unpaired) electrons. The highest BCUT2D eigenvalue weighted by atomic mass is 16.1. The third kappa shape index (κ3) is 5.04. The number of amides is 1. The Morgan fingerprint density at radius 1 is 1.10 bits per heavy atom. The largest absolute Gasteiger partial charge is 0.366 e. The molecule has 0 aliphatic carbocycles. The van der Waals surface area contributed by atoms with Crippen LogP contribution in [0.2, 0.25) is 0 Å². The predicted octanol–water partition coefficient (Wildman–Crippen LogP) is 2.69. The molecule has 0 saturated carbocycles. The zero-order valence-electron chi connectivity index (χ0n) is 17.6. The van der Waals surface area contributed by atoms with E-state index in [0.29, 0.717) is 18.7 Å². The summed E-state index contributed by atoms with van der Waals surface area (Å²) in [7, 11) is 3.95. The van der Waals surface area contributed by atoms with Gasteiger partial charge in [0.15, 0.2) is 5.65 Å². The summed E-state index contributed by atoms with van der Waals surface area (Å²) in [5.41, 5.74) is 4.32. The van der Waals surface area contributed by atoms with Crippen molar-refractivity contribution in [2.24, 2.45) is 0 Å². The summed E-state index contributed by atoms with van der Waals surface area (Å²) in [5.74, 6) is 0.684. The lowest BCUT2D eigenvalue weighted by atomic mass is 10.1. The second-order valence-electron chi connectivity index (χ2n) is 7.49. The third-order valence-electron chi connectivity index (χ3n) is 4.87. The van der Waals surface area contributed by atoms with Gasteiger partial charge in [-0.2, -0.15) is 5.10 Å². The van der Waals surface area contributed by atoms with Gasteiger partial charge in [-0.3, -0.25) is 9.78 Å². The lowest BCUT2D eigenvalue weighted by molar-refractivity contribution is 0.0951. The molecule has 8 nitrogen and oxygen atoms in total. The minimum absolute atomic E-state index is 0.0757. The van der Waals surface area contributed by atoms with Crippen molar-refractivity contribution in [3.63, 3.8) is 0 Å². The normalized spacial score (nSPS) is 11.1. The summed E-state index contributed by atoms with van der Waals surface area (Å²) in [6, 6.07) is 13.3. The van der Waals surface area contributed by atoms with Gasteiger partial charge in [0.2, 0.25) is 0 Å². The molecule has 0 aliphatic rings. The molecule has 0 atom stereocenters. The Morgan fingerprint density at radius 3 is 2.68 bits per heavy atom. The highest BCUT2D eigenvalue weighted by Gasteiger charge is 2.11.